The van der Waals surface area contributed by atoms with Crippen LogP contribution in [-0.2, 0) is 4.84 Å². The first-order valence-electron chi connectivity index (χ1n) is 12.1. The lowest BCUT2D eigenvalue weighted by Gasteiger charge is -2.20. The molecule has 3 aliphatic rings. The van der Waals surface area contributed by atoms with Crippen molar-refractivity contribution in [3.05, 3.63) is 98.0 Å². The number of halogens is 3. The summed E-state index contributed by atoms with van der Waals surface area (Å²) in [5, 5.41) is 15.2. The molecular weight excluding hydrogens is 515 g/mol. The molecule has 1 heterocycles. The van der Waals surface area contributed by atoms with Crippen LogP contribution in [0.2, 0.25) is 15.1 Å². The number of nitrogens with zero attached hydrogens (tertiary/aromatic N) is 2. The van der Waals surface area contributed by atoms with Gasteiger partial charge in [-0.1, -0.05) is 64.2 Å². The molecule has 2 saturated carbocycles. The van der Waals surface area contributed by atoms with Crippen molar-refractivity contribution >= 4 is 40.5 Å². The zero-order valence-electron chi connectivity index (χ0n) is 19.3. The van der Waals surface area contributed by atoms with Gasteiger partial charge in [0, 0.05) is 10.6 Å². The van der Waals surface area contributed by atoms with Crippen LogP contribution in [0.1, 0.15) is 53.4 Å². The van der Waals surface area contributed by atoms with Crippen molar-refractivity contribution in [3.63, 3.8) is 0 Å². The van der Waals surface area contributed by atoms with Gasteiger partial charge in [-0.05, 0) is 84.5 Å². The maximum atomic E-state index is 9.02. The molecule has 182 valence electrons. The van der Waals surface area contributed by atoms with Crippen molar-refractivity contribution in [2.45, 2.75) is 37.2 Å². The zero-order chi connectivity index (χ0) is 24.8. The lowest BCUT2D eigenvalue weighted by molar-refractivity contribution is 0.0340. The minimum atomic E-state index is -0.0717. The Bertz CT molecular complexity index is 1360. The van der Waals surface area contributed by atoms with Crippen LogP contribution in [0.4, 0.5) is 0 Å². The fourth-order valence-corrected chi connectivity index (χ4v) is 6.10. The van der Waals surface area contributed by atoms with Crippen LogP contribution in [0, 0.1) is 23.2 Å². The minimum Gasteiger partial charge on any atom is -0.493 e. The van der Waals surface area contributed by atoms with Gasteiger partial charge in [-0.2, -0.15) is 5.26 Å². The molecule has 3 aromatic carbocycles. The van der Waals surface area contributed by atoms with E-state index in [2.05, 4.69) is 17.3 Å². The van der Waals surface area contributed by atoms with Crippen LogP contribution in [0.3, 0.4) is 0 Å². The second-order valence-electron chi connectivity index (χ2n) is 9.76. The molecule has 4 nitrogen and oxygen atoms in total. The largest absolute Gasteiger partial charge is 0.493 e. The van der Waals surface area contributed by atoms with Crippen LogP contribution in [0.15, 0.2) is 65.8 Å². The Balaban J connectivity index is 1.16. The monoisotopic (exact) mass is 536 g/mol. The molecule has 0 aromatic heterocycles. The first-order valence-corrected chi connectivity index (χ1v) is 13.3. The third-order valence-electron chi connectivity index (χ3n) is 7.39. The van der Waals surface area contributed by atoms with Crippen molar-refractivity contribution < 1.29 is 9.57 Å². The highest BCUT2D eigenvalue weighted by Crippen LogP contribution is 2.56. The number of nitriles is 1. The van der Waals surface area contributed by atoms with Gasteiger partial charge in [-0.15, -0.1) is 0 Å². The molecule has 2 fully saturated rings. The van der Waals surface area contributed by atoms with Crippen LogP contribution >= 0.6 is 34.8 Å². The molecule has 2 aliphatic carbocycles. The smallest absolute Gasteiger partial charge is 0.142 e. The van der Waals surface area contributed by atoms with Gasteiger partial charge >= 0.3 is 0 Å². The number of ether oxygens (including phenoxy) is 1. The van der Waals surface area contributed by atoms with E-state index in [1.165, 1.54) is 5.56 Å². The van der Waals surface area contributed by atoms with Crippen molar-refractivity contribution in [2.75, 3.05) is 6.61 Å². The third kappa shape index (κ3) is 4.57. The fraction of sp³-hybridized carbons (Fsp3) is 0.310. The summed E-state index contributed by atoms with van der Waals surface area (Å²) in [6, 6.07) is 21.4. The molecule has 7 heteroatoms. The molecule has 4 atom stereocenters. The number of oxime groups is 1. The predicted octanol–water partition coefficient (Wildman–Crippen LogP) is 8.00. The quantitative estimate of drug-likeness (QED) is 0.307. The SMILES string of the molecule is N#Cc1ccc(C2CC2c2ccc(OCC3C(c4c(Cl)cccc4Cl)=NOC3C3CC3)cc2Cl)cc1. The van der Waals surface area contributed by atoms with Crippen molar-refractivity contribution in [1.29, 1.82) is 5.26 Å². The van der Waals surface area contributed by atoms with Crippen molar-refractivity contribution in [2.24, 2.45) is 17.0 Å². The summed E-state index contributed by atoms with van der Waals surface area (Å²) < 4.78 is 6.24. The average Bonchev–Trinajstić information content (AvgIpc) is 3.81. The Morgan fingerprint density at radius 2 is 1.69 bits per heavy atom. The Morgan fingerprint density at radius 3 is 2.36 bits per heavy atom. The molecule has 0 bridgehead atoms. The van der Waals surface area contributed by atoms with E-state index in [0.717, 1.165) is 30.5 Å². The molecule has 6 rings (SSSR count). The highest BCUT2D eigenvalue weighted by Gasteiger charge is 2.46. The predicted molar refractivity (Wildman–Crippen MR) is 142 cm³/mol. The number of benzene rings is 3. The Labute approximate surface area is 225 Å². The van der Waals surface area contributed by atoms with Gasteiger partial charge in [0.2, 0.25) is 0 Å². The van der Waals surface area contributed by atoms with Crippen LogP contribution < -0.4 is 4.74 Å². The molecule has 3 aromatic rings. The summed E-state index contributed by atoms with van der Waals surface area (Å²) in [6.45, 7) is 0.397. The van der Waals surface area contributed by atoms with E-state index < -0.39 is 0 Å². The molecule has 36 heavy (non-hydrogen) atoms. The maximum Gasteiger partial charge on any atom is 0.142 e. The van der Waals surface area contributed by atoms with E-state index in [-0.39, 0.29) is 12.0 Å². The molecule has 1 aliphatic heterocycles. The van der Waals surface area contributed by atoms with Gasteiger partial charge in [0.15, 0.2) is 0 Å². The summed E-state index contributed by atoms with van der Waals surface area (Å²) in [4.78, 5) is 5.85. The first kappa shape index (κ1) is 23.7. The van der Waals surface area contributed by atoms with Gasteiger partial charge in [0.05, 0.1) is 27.6 Å². The van der Waals surface area contributed by atoms with E-state index in [1.54, 1.807) is 0 Å². The van der Waals surface area contributed by atoms with E-state index in [0.29, 0.717) is 56.3 Å². The summed E-state index contributed by atoms with van der Waals surface area (Å²) in [5.41, 5.74) is 4.51. The molecule has 0 spiro atoms. The normalized spacial score (nSPS) is 24.6. The summed E-state index contributed by atoms with van der Waals surface area (Å²) in [6.07, 6.45) is 3.26. The lowest BCUT2D eigenvalue weighted by Crippen LogP contribution is -2.31. The number of rotatable bonds is 7. The summed E-state index contributed by atoms with van der Waals surface area (Å²) in [5.74, 6) is 1.92. The summed E-state index contributed by atoms with van der Waals surface area (Å²) >= 11 is 19.7. The second-order valence-corrected chi connectivity index (χ2v) is 11.0. The molecule has 4 unspecified atom stereocenters. The lowest BCUT2D eigenvalue weighted by atomic mass is 9.90. The number of hydrogen-bond acceptors (Lipinski definition) is 4. The van der Waals surface area contributed by atoms with Crippen molar-refractivity contribution in [3.8, 4) is 11.8 Å². The second kappa shape index (κ2) is 9.63. The number of hydrogen-bond donors (Lipinski definition) is 0. The molecular formula is C29H23Cl3N2O2. The standard InChI is InChI=1S/C29H23Cl3N2O2/c30-24-2-1-3-25(31)27(24)28-23(29(36-34-28)18-8-9-18)15-35-19-10-11-20(26(32)12-19)22-13-21(22)17-6-4-16(14-33)5-7-17/h1-7,10-12,18,21-23,29H,8-9,13,15H2. The molecule has 0 N–H and O–H groups in total. The van der Waals surface area contributed by atoms with E-state index in [1.807, 2.05) is 54.6 Å². The van der Waals surface area contributed by atoms with Crippen LogP contribution in [-0.4, -0.2) is 18.4 Å². The first-order chi connectivity index (χ1) is 17.5. The third-order valence-corrected chi connectivity index (χ3v) is 8.34. The van der Waals surface area contributed by atoms with E-state index >= 15 is 0 Å². The maximum absolute atomic E-state index is 9.02. The highest BCUT2D eigenvalue weighted by molar-refractivity contribution is 6.40. The molecule has 0 radical (unpaired) electrons. The van der Waals surface area contributed by atoms with Gasteiger partial charge in [0.1, 0.15) is 24.2 Å². The van der Waals surface area contributed by atoms with Crippen LogP contribution in [0.5, 0.6) is 5.75 Å². The van der Waals surface area contributed by atoms with E-state index in [9.17, 15) is 0 Å². The van der Waals surface area contributed by atoms with E-state index in [4.69, 9.17) is 49.6 Å². The van der Waals surface area contributed by atoms with Gasteiger partial charge < -0.3 is 9.57 Å². The molecule has 0 saturated heterocycles. The van der Waals surface area contributed by atoms with Crippen LogP contribution in [0.25, 0.3) is 0 Å². The minimum absolute atomic E-state index is 0.0401. The Morgan fingerprint density at radius 1 is 0.944 bits per heavy atom. The van der Waals surface area contributed by atoms with Gasteiger partial charge in [-0.25, -0.2) is 0 Å². The zero-order valence-corrected chi connectivity index (χ0v) is 21.6. The topological polar surface area (TPSA) is 54.6 Å². The fourth-order valence-electron chi connectivity index (χ4n) is 5.20. The Hall–Kier alpha value is -2.71. The van der Waals surface area contributed by atoms with Gasteiger partial charge in [0.25, 0.3) is 0 Å². The highest BCUT2D eigenvalue weighted by atomic mass is 35.5. The van der Waals surface area contributed by atoms with Crippen molar-refractivity contribution in [1.82, 2.24) is 0 Å². The Kier molecular flexibility index (Phi) is 6.33. The van der Waals surface area contributed by atoms with Gasteiger partial charge in [-0.3, -0.25) is 0 Å². The summed E-state index contributed by atoms with van der Waals surface area (Å²) in [7, 11) is 0. The molecule has 0 amide bonds. The average molecular weight is 538 g/mol.